The average Bonchev–Trinajstić information content (AvgIpc) is 2.06. The summed E-state index contributed by atoms with van der Waals surface area (Å²) in [5.74, 6) is 0. The highest BCUT2D eigenvalue weighted by molar-refractivity contribution is 6.30. The fourth-order valence-electron chi connectivity index (χ4n) is 1.36. The van der Waals surface area contributed by atoms with Crippen LogP contribution in [0.3, 0.4) is 0 Å². The van der Waals surface area contributed by atoms with Crippen LogP contribution in [0.15, 0.2) is 12.3 Å². The molecule has 0 spiro atoms. The molecule has 0 aliphatic carbocycles. The van der Waals surface area contributed by atoms with Crippen molar-refractivity contribution >= 4 is 17.3 Å². The second-order valence-corrected chi connectivity index (χ2v) is 3.02. The summed E-state index contributed by atoms with van der Waals surface area (Å²) in [6.45, 7) is 1.05. The summed E-state index contributed by atoms with van der Waals surface area (Å²) in [6, 6.07) is 1.97. The maximum atomic E-state index is 5.89. The lowest BCUT2D eigenvalue weighted by Crippen LogP contribution is -2.12. The molecule has 0 bridgehead atoms. The normalized spacial score (nSPS) is 15.4. The van der Waals surface area contributed by atoms with Crippen LogP contribution < -0.4 is 5.32 Å². The minimum absolute atomic E-state index is 0.648. The smallest absolute Gasteiger partial charge is 0.134 e. The number of halogens is 1. The molecule has 1 N–H and O–H groups in total. The zero-order valence-corrected chi connectivity index (χ0v) is 6.86. The zero-order chi connectivity index (χ0) is 7.68. The molecule has 0 fully saturated rings. The van der Waals surface area contributed by atoms with Crippen LogP contribution >= 0.6 is 11.6 Å². The zero-order valence-electron chi connectivity index (χ0n) is 6.10. The monoisotopic (exact) mass is 168 g/mol. The molecule has 0 saturated heterocycles. The number of hydrogen-bond acceptors (Lipinski definition) is 2. The maximum absolute atomic E-state index is 5.89. The first kappa shape index (κ1) is 6.92. The largest absolute Gasteiger partial charge is 0.385 e. The fraction of sp³-hybridized carbons (Fsp3) is 0.375. The van der Waals surface area contributed by atoms with Gasteiger partial charge >= 0.3 is 0 Å². The molecular weight excluding hydrogens is 160 g/mol. The molecule has 0 saturated carbocycles. The van der Waals surface area contributed by atoms with E-state index in [1.54, 1.807) is 6.20 Å². The van der Waals surface area contributed by atoms with E-state index < -0.39 is 0 Å². The molecule has 2 rings (SSSR count). The first-order valence-corrected chi connectivity index (χ1v) is 4.13. The van der Waals surface area contributed by atoms with Crippen LogP contribution in [0.5, 0.6) is 0 Å². The van der Waals surface area contributed by atoms with Crippen LogP contribution in [-0.4, -0.2) is 11.5 Å². The molecule has 58 valence electrons. The average molecular weight is 169 g/mol. The Morgan fingerprint density at radius 2 is 2.45 bits per heavy atom. The van der Waals surface area contributed by atoms with Crippen molar-refractivity contribution < 1.29 is 0 Å². The van der Waals surface area contributed by atoms with Gasteiger partial charge in [-0.15, -0.1) is 0 Å². The van der Waals surface area contributed by atoms with Gasteiger partial charge in [-0.05, 0) is 18.9 Å². The van der Waals surface area contributed by atoms with Gasteiger partial charge in [-0.1, -0.05) is 11.6 Å². The molecule has 11 heavy (non-hydrogen) atoms. The van der Waals surface area contributed by atoms with E-state index in [2.05, 4.69) is 10.3 Å². The van der Waals surface area contributed by atoms with E-state index in [1.807, 2.05) is 6.07 Å². The minimum Gasteiger partial charge on any atom is -0.385 e. The lowest BCUT2D eigenvalue weighted by atomic mass is 10.1. The third-order valence-electron chi connectivity index (χ3n) is 1.92. The Hall–Kier alpha value is -0.760. The van der Waals surface area contributed by atoms with E-state index >= 15 is 0 Å². The Bertz CT molecular complexity index is 273. The molecule has 0 unspecified atom stereocenters. The van der Waals surface area contributed by atoms with Crippen molar-refractivity contribution in [2.45, 2.75) is 12.8 Å². The highest BCUT2D eigenvalue weighted by Crippen LogP contribution is 2.26. The van der Waals surface area contributed by atoms with E-state index in [0.29, 0.717) is 5.15 Å². The molecule has 2 nitrogen and oxygen atoms in total. The van der Waals surface area contributed by atoms with Gasteiger partial charge in [-0.25, -0.2) is 4.98 Å². The lowest BCUT2D eigenvalue weighted by molar-refractivity contribution is 0.825. The van der Waals surface area contributed by atoms with Crippen molar-refractivity contribution in [2.75, 3.05) is 11.9 Å². The Morgan fingerprint density at radius 1 is 1.55 bits per heavy atom. The molecule has 0 amide bonds. The molecule has 0 atom stereocenters. The quantitative estimate of drug-likeness (QED) is 0.601. The number of nitrogens with zero attached hydrogens (tertiary/aromatic N) is 1. The maximum Gasteiger partial charge on any atom is 0.134 e. The first-order chi connectivity index (χ1) is 5.38. The van der Waals surface area contributed by atoms with E-state index in [0.717, 1.165) is 25.1 Å². The fourth-order valence-corrected chi connectivity index (χ4v) is 1.61. The second kappa shape index (κ2) is 2.70. The third kappa shape index (κ3) is 1.18. The Morgan fingerprint density at radius 3 is 3.27 bits per heavy atom. The number of nitrogens with one attached hydrogen (secondary N) is 1. The van der Waals surface area contributed by atoms with Gasteiger partial charge in [-0.2, -0.15) is 0 Å². The summed E-state index contributed by atoms with van der Waals surface area (Å²) in [5.41, 5.74) is 2.32. The number of fused-ring (bicyclic) bond motifs is 1. The van der Waals surface area contributed by atoms with Crippen LogP contribution in [0.1, 0.15) is 12.0 Å². The number of hydrogen-bond donors (Lipinski definition) is 1. The van der Waals surface area contributed by atoms with Gasteiger partial charge < -0.3 is 5.32 Å². The van der Waals surface area contributed by atoms with Gasteiger partial charge in [0, 0.05) is 24.0 Å². The van der Waals surface area contributed by atoms with Crippen molar-refractivity contribution in [1.29, 1.82) is 0 Å². The Kier molecular flexibility index (Phi) is 1.70. The molecule has 3 heteroatoms. The SMILES string of the molecule is Clc1nccc2c1CCCN2. The van der Waals surface area contributed by atoms with Crippen LogP contribution in [0.2, 0.25) is 5.15 Å². The summed E-state index contributed by atoms with van der Waals surface area (Å²) in [6.07, 6.45) is 3.94. The van der Waals surface area contributed by atoms with E-state index in [4.69, 9.17) is 11.6 Å². The van der Waals surface area contributed by atoms with Gasteiger partial charge in [0.05, 0.1) is 0 Å². The Labute approximate surface area is 70.6 Å². The number of anilines is 1. The van der Waals surface area contributed by atoms with Crippen LogP contribution in [-0.2, 0) is 6.42 Å². The lowest BCUT2D eigenvalue weighted by Gasteiger charge is -2.17. The first-order valence-electron chi connectivity index (χ1n) is 3.75. The van der Waals surface area contributed by atoms with E-state index in [-0.39, 0.29) is 0 Å². The van der Waals surface area contributed by atoms with Crippen molar-refractivity contribution in [3.63, 3.8) is 0 Å². The summed E-state index contributed by atoms with van der Waals surface area (Å²) in [7, 11) is 0. The van der Waals surface area contributed by atoms with Gasteiger partial charge in [0.15, 0.2) is 0 Å². The molecule has 2 heterocycles. The number of aromatic nitrogens is 1. The van der Waals surface area contributed by atoms with Crippen LogP contribution in [0, 0.1) is 0 Å². The highest BCUT2D eigenvalue weighted by Gasteiger charge is 2.11. The molecule has 1 aliphatic rings. The predicted molar refractivity (Wildman–Crippen MR) is 46.1 cm³/mol. The molecule has 1 aromatic heterocycles. The topological polar surface area (TPSA) is 24.9 Å². The van der Waals surface area contributed by atoms with Crippen LogP contribution in [0.25, 0.3) is 0 Å². The molecular formula is C8H9ClN2. The van der Waals surface area contributed by atoms with E-state index in [9.17, 15) is 0 Å². The van der Waals surface area contributed by atoms with Gasteiger partial charge in [0.25, 0.3) is 0 Å². The van der Waals surface area contributed by atoms with Gasteiger partial charge in [0.2, 0.25) is 0 Å². The summed E-state index contributed by atoms with van der Waals surface area (Å²) < 4.78 is 0. The van der Waals surface area contributed by atoms with Gasteiger partial charge in [-0.3, -0.25) is 0 Å². The second-order valence-electron chi connectivity index (χ2n) is 2.66. The number of rotatable bonds is 0. The Balaban J connectivity index is 2.49. The molecule has 0 radical (unpaired) electrons. The summed E-state index contributed by atoms with van der Waals surface area (Å²) in [5, 5.41) is 3.93. The molecule has 1 aromatic rings. The molecule has 0 aromatic carbocycles. The van der Waals surface area contributed by atoms with Crippen molar-refractivity contribution in [3.05, 3.63) is 23.0 Å². The highest BCUT2D eigenvalue weighted by atomic mass is 35.5. The van der Waals surface area contributed by atoms with Crippen molar-refractivity contribution in [1.82, 2.24) is 4.98 Å². The standard InChI is InChI=1S/C8H9ClN2/c9-8-6-2-1-4-10-7(6)3-5-11-8/h3,5,10H,1-2,4H2. The van der Waals surface area contributed by atoms with Crippen molar-refractivity contribution in [2.24, 2.45) is 0 Å². The summed E-state index contributed by atoms with van der Waals surface area (Å²) in [4.78, 5) is 4.02. The number of pyridine rings is 1. The van der Waals surface area contributed by atoms with Gasteiger partial charge in [0.1, 0.15) is 5.15 Å². The van der Waals surface area contributed by atoms with Crippen molar-refractivity contribution in [3.8, 4) is 0 Å². The minimum atomic E-state index is 0.648. The van der Waals surface area contributed by atoms with E-state index in [1.165, 1.54) is 5.56 Å². The van der Waals surface area contributed by atoms with Crippen LogP contribution in [0.4, 0.5) is 5.69 Å². The summed E-state index contributed by atoms with van der Waals surface area (Å²) >= 11 is 5.89. The third-order valence-corrected chi connectivity index (χ3v) is 2.25. The predicted octanol–water partition coefficient (Wildman–Crippen LogP) is 2.09. The molecule has 1 aliphatic heterocycles.